The van der Waals surface area contributed by atoms with Crippen molar-refractivity contribution in [1.29, 1.82) is 0 Å². The highest BCUT2D eigenvalue weighted by atomic mass is 32.2. The predicted molar refractivity (Wildman–Crippen MR) is 137 cm³/mol. The Kier molecular flexibility index (Phi) is 8.24. The van der Waals surface area contributed by atoms with Crippen molar-refractivity contribution in [1.82, 2.24) is 0 Å². The topological polar surface area (TPSA) is 17.1 Å². The van der Waals surface area contributed by atoms with Crippen molar-refractivity contribution in [2.24, 2.45) is 0 Å². The van der Waals surface area contributed by atoms with Crippen molar-refractivity contribution in [3.8, 4) is 0 Å². The first-order valence-corrected chi connectivity index (χ1v) is 12.6. The summed E-state index contributed by atoms with van der Waals surface area (Å²) in [5, 5.41) is 0.202. The molecule has 1 nitrogen and oxygen atoms in total. The highest BCUT2D eigenvalue weighted by Crippen LogP contribution is 2.41. The van der Waals surface area contributed by atoms with Gasteiger partial charge in [0.25, 0.3) is 0 Å². The van der Waals surface area contributed by atoms with Crippen molar-refractivity contribution in [3.63, 3.8) is 0 Å². The SMILES string of the molecule is O=C(C[C@H](Sc1ccccc1)c1ccccc1)C[C@@H](Sc1ccccc1)c1ccccc1. The standard InChI is InChI=1S/C29H26OS2/c30-25(21-28(23-13-5-1-6-14-23)31-26-17-9-3-10-18-26)22-29(24-15-7-2-8-16-24)32-27-19-11-4-12-20-27/h1-20,28-29H,21-22H2/t28-,29+. The zero-order chi connectivity index (χ0) is 22.0. The molecule has 0 aromatic heterocycles. The summed E-state index contributed by atoms with van der Waals surface area (Å²) in [6.07, 6.45) is 1.03. The maximum Gasteiger partial charge on any atom is 0.135 e. The Morgan fingerprint density at radius 3 is 1.16 bits per heavy atom. The molecule has 0 heterocycles. The van der Waals surface area contributed by atoms with Crippen LogP contribution in [0, 0.1) is 0 Å². The van der Waals surface area contributed by atoms with Gasteiger partial charge in [0.15, 0.2) is 0 Å². The number of Topliss-reactive ketones (excluding diaryl/α,β-unsaturated/α-hetero) is 1. The number of carbonyl (C=O) groups excluding carboxylic acids is 1. The van der Waals surface area contributed by atoms with E-state index in [0.29, 0.717) is 18.6 Å². The van der Waals surface area contributed by atoms with Crippen LogP contribution in [0.5, 0.6) is 0 Å². The molecule has 4 aromatic rings. The maximum atomic E-state index is 13.4. The van der Waals surface area contributed by atoms with Crippen LogP contribution in [0.1, 0.15) is 34.5 Å². The van der Waals surface area contributed by atoms with E-state index in [4.69, 9.17) is 0 Å². The minimum atomic E-state index is 0.101. The molecule has 0 aliphatic rings. The Labute approximate surface area is 199 Å². The number of hydrogen-bond donors (Lipinski definition) is 0. The summed E-state index contributed by atoms with van der Waals surface area (Å²) in [6, 6.07) is 41.5. The third-order valence-corrected chi connectivity index (χ3v) is 7.75. The maximum absolute atomic E-state index is 13.4. The summed E-state index contributed by atoms with van der Waals surface area (Å²) in [5.74, 6) is 0.291. The fourth-order valence-corrected chi connectivity index (χ4v) is 6.02. The molecule has 4 rings (SSSR count). The molecule has 0 N–H and O–H groups in total. The molecule has 0 bridgehead atoms. The largest absolute Gasteiger partial charge is 0.300 e. The second-order valence-corrected chi connectivity index (χ2v) is 10.2. The van der Waals surface area contributed by atoms with E-state index in [9.17, 15) is 4.79 Å². The molecule has 0 saturated carbocycles. The van der Waals surface area contributed by atoms with E-state index in [1.165, 1.54) is 20.9 Å². The van der Waals surface area contributed by atoms with Crippen LogP contribution < -0.4 is 0 Å². The molecular weight excluding hydrogens is 428 g/mol. The molecule has 4 aromatic carbocycles. The van der Waals surface area contributed by atoms with Gasteiger partial charge in [-0.15, -0.1) is 23.5 Å². The van der Waals surface area contributed by atoms with Crippen molar-refractivity contribution >= 4 is 29.3 Å². The zero-order valence-corrected chi connectivity index (χ0v) is 19.5. The molecule has 0 aliphatic heterocycles. The zero-order valence-electron chi connectivity index (χ0n) is 17.8. The monoisotopic (exact) mass is 454 g/mol. The third kappa shape index (κ3) is 6.62. The molecule has 0 radical (unpaired) electrons. The lowest BCUT2D eigenvalue weighted by Gasteiger charge is -2.20. The van der Waals surface area contributed by atoms with Gasteiger partial charge in [-0.2, -0.15) is 0 Å². The Morgan fingerprint density at radius 1 is 0.500 bits per heavy atom. The molecule has 160 valence electrons. The third-order valence-electron chi connectivity index (χ3n) is 5.21. The van der Waals surface area contributed by atoms with E-state index in [2.05, 4.69) is 72.8 Å². The molecule has 0 spiro atoms. The summed E-state index contributed by atoms with van der Waals surface area (Å²) < 4.78 is 0. The predicted octanol–water partition coefficient (Wildman–Crippen LogP) is 8.40. The van der Waals surface area contributed by atoms with Gasteiger partial charge in [0.05, 0.1) is 0 Å². The van der Waals surface area contributed by atoms with Gasteiger partial charge in [0.1, 0.15) is 5.78 Å². The molecule has 0 fully saturated rings. The molecule has 0 amide bonds. The van der Waals surface area contributed by atoms with Crippen molar-refractivity contribution in [3.05, 3.63) is 132 Å². The molecule has 2 atom stereocenters. The van der Waals surface area contributed by atoms with Gasteiger partial charge in [-0.3, -0.25) is 4.79 Å². The number of carbonyl (C=O) groups is 1. The first kappa shape index (κ1) is 22.4. The van der Waals surface area contributed by atoms with Crippen LogP contribution in [0.2, 0.25) is 0 Å². The van der Waals surface area contributed by atoms with E-state index < -0.39 is 0 Å². The van der Waals surface area contributed by atoms with Crippen LogP contribution in [0.15, 0.2) is 131 Å². The quantitative estimate of drug-likeness (QED) is 0.224. The van der Waals surface area contributed by atoms with Gasteiger partial charge < -0.3 is 0 Å². The first-order valence-electron chi connectivity index (χ1n) is 10.8. The molecular formula is C29H26OS2. The highest BCUT2D eigenvalue weighted by Gasteiger charge is 2.22. The fourth-order valence-electron chi connectivity index (χ4n) is 3.61. The number of rotatable bonds is 10. The minimum absolute atomic E-state index is 0.101. The second-order valence-electron chi connectivity index (χ2n) is 7.61. The smallest absolute Gasteiger partial charge is 0.135 e. The van der Waals surface area contributed by atoms with Crippen molar-refractivity contribution < 1.29 is 4.79 Å². The van der Waals surface area contributed by atoms with E-state index >= 15 is 0 Å². The lowest BCUT2D eigenvalue weighted by atomic mass is 10.0. The van der Waals surface area contributed by atoms with Gasteiger partial charge in [-0.05, 0) is 35.4 Å². The summed E-state index contributed by atoms with van der Waals surface area (Å²) in [5.41, 5.74) is 2.39. The second kappa shape index (κ2) is 11.8. The van der Waals surface area contributed by atoms with Gasteiger partial charge in [0, 0.05) is 33.1 Å². The van der Waals surface area contributed by atoms with Gasteiger partial charge in [-0.1, -0.05) is 97.1 Å². The first-order chi connectivity index (χ1) is 15.8. The van der Waals surface area contributed by atoms with Crippen molar-refractivity contribution in [2.75, 3.05) is 0 Å². The van der Waals surface area contributed by atoms with E-state index in [0.717, 1.165) is 0 Å². The summed E-state index contributed by atoms with van der Waals surface area (Å²) in [4.78, 5) is 15.7. The Morgan fingerprint density at radius 2 is 0.812 bits per heavy atom. The average Bonchev–Trinajstić information content (AvgIpc) is 2.86. The fraction of sp³-hybridized carbons (Fsp3) is 0.138. The van der Waals surface area contributed by atoms with Crippen LogP contribution >= 0.6 is 23.5 Å². The highest BCUT2D eigenvalue weighted by molar-refractivity contribution is 7.99. The number of thioether (sulfide) groups is 2. The number of hydrogen-bond acceptors (Lipinski definition) is 3. The lowest BCUT2D eigenvalue weighted by Crippen LogP contribution is -2.09. The molecule has 0 aliphatic carbocycles. The normalized spacial score (nSPS) is 12.8. The van der Waals surface area contributed by atoms with Gasteiger partial charge in [-0.25, -0.2) is 0 Å². The van der Waals surface area contributed by atoms with Crippen LogP contribution in [-0.4, -0.2) is 5.78 Å². The molecule has 0 saturated heterocycles. The average molecular weight is 455 g/mol. The number of ketones is 1. The van der Waals surface area contributed by atoms with Gasteiger partial charge >= 0.3 is 0 Å². The number of benzene rings is 4. The lowest BCUT2D eigenvalue weighted by molar-refractivity contribution is -0.119. The summed E-state index contributed by atoms with van der Waals surface area (Å²) in [7, 11) is 0. The van der Waals surface area contributed by atoms with Crippen LogP contribution in [-0.2, 0) is 4.79 Å². The van der Waals surface area contributed by atoms with E-state index in [-0.39, 0.29) is 10.5 Å². The van der Waals surface area contributed by atoms with Crippen LogP contribution in [0.25, 0.3) is 0 Å². The molecule has 0 unspecified atom stereocenters. The van der Waals surface area contributed by atoms with Crippen molar-refractivity contribution in [2.45, 2.75) is 33.1 Å². The van der Waals surface area contributed by atoms with Crippen LogP contribution in [0.4, 0.5) is 0 Å². The van der Waals surface area contributed by atoms with Crippen LogP contribution in [0.3, 0.4) is 0 Å². The van der Waals surface area contributed by atoms with E-state index in [1.54, 1.807) is 23.5 Å². The summed E-state index contributed by atoms with van der Waals surface area (Å²) >= 11 is 3.54. The molecule has 32 heavy (non-hydrogen) atoms. The van der Waals surface area contributed by atoms with Gasteiger partial charge in [0.2, 0.25) is 0 Å². The molecule has 3 heteroatoms. The Bertz CT molecular complexity index is 994. The Balaban J connectivity index is 1.51. The minimum Gasteiger partial charge on any atom is -0.300 e. The van der Waals surface area contributed by atoms with E-state index in [1.807, 2.05) is 48.5 Å². The Hall–Kier alpha value is -2.75. The summed E-state index contributed by atoms with van der Waals surface area (Å²) in [6.45, 7) is 0.